The first-order chi connectivity index (χ1) is 11.0. The fraction of sp³-hybridized carbons (Fsp3) is 1.00. The summed E-state index contributed by atoms with van der Waals surface area (Å²) >= 11 is 8.21. The van der Waals surface area contributed by atoms with E-state index in [0.717, 1.165) is 0 Å². The molecule has 0 nitrogen and oxygen atoms in total. The second kappa shape index (κ2) is 3.86. The molecule has 4 bridgehead atoms. The number of alkyl halides is 16. The second-order valence-corrected chi connectivity index (χ2v) is 7.12. The van der Waals surface area contributed by atoms with Crippen LogP contribution < -0.4 is 0 Å². The van der Waals surface area contributed by atoms with Crippen LogP contribution >= 0.6 is 23.2 Å². The summed E-state index contributed by atoms with van der Waals surface area (Å²) in [6, 6.07) is 0. The van der Waals surface area contributed by atoms with E-state index in [1.165, 1.54) is 0 Å². The minimum Gasteiger partial charge on any atom is -0.227 e. The fourth-order valence-corrected chi connectivity index (χ4v) is 4.81. The minimum atomic E-state index is -7.56. The van der Waals surface area contributed by atoms with Crippen LogP contribution in [0.2, 0.25) is 0 Å². The molecule has 0 aromatic carbocycles. The minimum absolute atomic E-state index is 4.10. The molecule has 0 aliphatic heterocycles. The van der Waals surface area contributed by atoms with Gasteiger partial charge in [0.1, 0.15) is 0 Å². The summed E-state index contributed by atoms with van der Waals surface area (Å²) in [5.74, 6) is -30.0. The van der Waals surface area contributed by atoms with Crippen LogP contribution in [0.4, 0.5) is 61.5 Å². The van der Waals surface area contributed by atoms with E-state index in [9.17, 15) is 61.5 Å². The van der Waals surface area contributed by atoms with Gasteiger partial charge in [-0.05, 0) is 0 Å². The molecule has 4 saturated carbocycles. The average Bonchev–Trinajstić information content (AvgIpc) is 2.46. The first-order valence-electron chi connectivity index (χ1n) is 6.02. The highest BCUT2D eigenvalue weighted by Gasteiger charge is 3.22. The van der Waals surface area contributed by atoms with Crippen molar-refractivity contribution in [1.82, 2.24) is 0 Å². The van der Waals surface area contributed by atoms with Gasteiger partial charge in [-0.1, -0.05) is 23.2 Å². The lowest BCUT2D eigenvalue weighted by atomic mass is 9.42. The maximum absolute atomic E-state index is 14.5. The van der Waals surface area contributed by atoms with Crippen LogP contribution in [0, 0.1) is 0 Å². The second-order valence-electron chi connectivity index (χ2n) is 6.08. The molecule has 4 fully saturated rings. The molecule has 0 aromatic heterocycles. The summed E-state index contributed by atoms with van der Waals surface area (Å²) in [7, 11) is 0. The molecule has 0 N–H and O–H groups in total. The highest BCUT2D eigenvalue weighted by Crippen LogP contribution is 2.89. The third-order valence-corrected chi connectivity index (χ3v) is 6.23. The third-order valence-electron chi connectivity index (χ3n) is 5.19. The van der Waals surface area contributed by atoms with E-state index in [0.29, 0.717) is 0 Å². The quantitative estimate of drug-likeness (QED) is 0.346. The van der Waals surface area contributed by atoms with Crippen molar-refractivity contribution in [2.45, 2.75) is 56.6 Å². The first kappa shape index (κ1) is 20.3. The van der Waals surface area contributed by atoms with E-state index in [1.54, 1.807) is 0 Å². The third kappa shape index (κ3) is 1.04. The van der Waals surface area contributed by atoms with Crippen molar-refractivity contribution < 1.29 is 61.5 Å². The van der Waals surface area contributed by atoms with Crippen LogP contribution in [0.5, 0.6) is 0 Å². The summed E-state index contributed by atoms with van der Waals surface area (Å²) in [5, 5.41) is -13.4. The number of hydrogen-bond donors (Lipinski definition) is 0. The molecule has 6 atom stereocenters. The molecular formula is C10Cl2F14. The van der Waals surface area contributed by atoms with Crippen molar-refractivity contribution in [1.29, 1.82) is 0 Å². The van der Waals surface area contributed by atoms with Crippen molar-refractivity contribution in [2.24, 2.45) is 0 Å². The monoisotopic (exact) mass is 456 g/mol. The summed E-state index contributed by atoms with van der Waals surface area (Å²) in [5.41, 5.74) is -28.9. The lowest BCUT2D eigenvalue weighted by Gasteiger charge is -2.74. The van der Waals surface area contributed by atoms with E-state index in [4.69, 9.17) is 0 Å². The average molecular weight is 457 g/mol. The number of hydrogen-bond acceptors (Lipinski definition) is 0. The predicted octanol–water partition coefficient (Wildman–Crippen LogP) is 5.21. The Labute approximate surface area is 142 Å². The van der Waals surface area contributed by atoms with E-state index >= 15 is 0 Å². The van der Waals surface area contributed by atoms with Crippen LogP contribution in [0.3, 0.4) is 0 Å². The zero-order valence-electron chi connectivity index (χ0n) is 11.0. The van der Waals surface area contributed by atoms with Gasteiger partial charge < -0.3 is 0 Å². The Bertz CT molecular complexity index is 515. The summed E-state index contributed by atoms with van der Waals surface area (Å²) < 4.78 is 197. The van der Waals surface area contributed by atoms with Gasteiger partial charge in [-0.25, -0.2) is 26.3 Å². The van der Waals surface area contributed by atoms with E-state index in [2.05, 4.69) is 23.2 Å². The Morgan fingerprint density at radius 3 is 0.769 bits per heavy atom. The van der Waals surface area contributed by atoms with Crippen LogP contribution in [0.25, 0.3) is 0 Å². The van der Waals surface area contributed by atoms with E-state index in [-0.39, 0.29) is 0 Å². The molecule has 16 heteroatoms. The Hall–Kier alpha value is -0.400. The van der Waals surface area contributed by atoms with Gasteiger partial charge in [0.2, 0.25) is 0 Å². The van der Waals surface area contributed by atoms with Crippen molar-refractivity contribution >= 4 is 23.2 Å². The molecule has 0 heterocycles. The van der Waals surface area contributed by atoms with Gasteiger partial charge in [0.15, 0.2) is 0 Å². The van der Waals surface area contributed by atoms with Gasteiger partial charge in [-0.2, -0.15) is 35.1 Å². The SMILES string of the molecule is FC1(F)C2(F)C(F)(F)[C@@]3(F)C(F)(F)[C@@](F)(C2(F)F)[C@](F)(Cl)C1(F)[C@]3(F)Cl. The molecule has 152 valence electrons. The molecule has 0 aromatic rings. The molecule has 26 heavy (non-hydrogen) atoms. The molecule has 0 saturated heterocycles. The molecule has 0 radical (unpaired) electrons. The van der Waals surface area contributed by atoms with Gasteiger partial charge in [0, 0.05) is 0 Å². The zero-order chi connectivity index (χ0) is 21.0. The Kier molecular flexibility index (Phi) is 3.02. The maximum Gasteiger partial charge on any atom is 0.337 e. The Morgan fingerprint density at radius 1 is 0.308 bits per heavy atom. The van der Waals surface area contributed by atoms with Gasteiger partial charge in [0.25, 0.3) is 27.3 Å². The first-order valence-corrected chi connectivity index (χ1v) is 6.78. The Morgan fingerprint density at radius 2 is 0.500 bits per heavy atom. The van der Waals surface area contributed by atoms with Crippen LogP contribution in [0.1, 0.15) is 0 Å². The summed E-state index contributed by atoms with van der Waals surface area (Å²) in [4.78, 5) is 0. The summed E-state index contributed by atoms with van der Waals surface area (Å²) in [6.45, 7) is 0. The topological polar surface area (TPSA) is 0 Å². The molecule has 0 spiro atoms. The van der Waals surface area contributed by atoms with Gasteiger partial charge in [-0.3, -0.25) is 0 Å². The number of rotatable bonds is 0. The van der Waals surface area contributed by atoms with Crippen molar-refractivity contribution in [3.05, 3.63) is 0 Å². The highest BCUT2D eigenvalue weighted by atomic mass is 35.5. The molecule has 4 rings (SSSR count). The molecule has 4 aliphatic rings. The standard InChI is InChI=1S/C10Cl2F14/c11-5(17)1(13)6(12,18)3(15)8(21,22)2(5,14)9(23,24)4(16,7(1,19)20)10(3,25)26/t1?,2-,3+,4?,5+,6-. The van der Waals surface area contributed by atoms with Gasteiger partial charge >= 0.3 is 29.4 Å². The van der Waals surface area contributed by atoms with Crippen molar-refractivity contribution in [2.75, 3.05) is 0 Å². The maximum atomic E-state index is 14.5. The molecule has 2 unspecified atom stereocenters. The molecule has 4 aliphatic carbocycles. The molecular weight excluding hydrogens is 457 g/mol. The predicted molar refractivity (Wildman–Crippen MR) is 54.5 cm³/mol. The smallest absolute Gasteiger partial charge is 0.227 e. The van der Waals surface area contributed by atoms with E-state index in [1.807, 2.05) is 0 Å². The van der Waals surface area contributed by atoms with Crippen LogP contribution in [-0.4, -0.2) is 56.6 Å². The molecule has 0 amide bonds. The van der Waals surface area contributed by atoms with Crippen LogP contribution in [-0.2, 0) is 0 Å². The lowest BCUT2D eigenvalue weighted by Crippen LogP contribution is -3.08. The highest BCUT2D eigenvalue weighted by molar-refractivity contribution is 6.30. The van der Waals surface area contributed by atoms with Crippen molar-refractivity contribution in [3.8, 4) is 0 Å². The van der Waals surface area contributed by atoms with Gasteiger partial charge in [-0.15, -0.1) is 0 Å². The Balaban J connectivity index is 2.71. The van der Waals surface area contributed by atoms with E-state index < -0.39 is 56.6 Å². The van der Waals surface area contributed by atoms with Crippen LogP contribution in [0.15, 0.2) is 0 Å². The fourth-order valence-electron chi connectivity index (χ4n) is 3.79. The number of halogens is 16. The summed E-state index contributed by atoms with van der Waals surface area (Å²) in [6.07, 6.45) is 0. The van der Waals surface area contributed by atoms with Gasteiger partial charge in [0.05, 0.1) is 0 Å². The largest absolute Gasteiger partial charge is 0.337 e. The zero-order valence-corrected chi connectivity index (χ0v) is 12.6. The van der Waals surface area contributed by atoms with Crippen molar-refractivity contribution in [3.63, 3.8) is 0 Å². The normalized spacial score (nSPS) is 60.9. The lowest BCUT2D eigenvalue weighted by molar-refractivity contribution is -0.563.